The van der Waals surface area contributed by atoms with Crippen LogP contribution in [0.1, 0.15) is 118 Å². The molecule has 0 radical (unpaired) electrons. The fraction of sp³-hybridized carbons (Fsp3) is 0.769. The molecule has 2 bridgehead atoms. The topological polar surface area (TPSA) is 35.5 Å². The van der Waals surface area contributed by atoms with E-state index in [4.69, 9.17) is 9.47 Å². The van der Waals surface area contributed by atoms with Gasteiger partial charge in [0.15, 0.2) is 0 Å². The lowest BCUT2D eigenvalue weighted by Crippen LogP contribution is -2.67. The molecule has 0 aromatic heterocycles. The second-order valence-electron chi connectivity index (χ2n) is 17.9. The standard InChI is InChI=1S/C39H56O3/c1-34(2)23-24-39-22-17-29-37(6)19-15-27-35(3,4)30(42-31(40)14-13-26-11-9-8-10-12-26)18-21-36(27,5)28(37)16-20-38(29,7)32(39)33(34)41-25-39/h8-14,27-30,32-33H,15-25H2,1-7H3/b14-13+/t27-,28-,29+,30-,32+,33-,36+,37-,38-,39+/m1/s1. The Kier molecular flexibility index (Phi) is 6.55. The molecule has 5 saturated carbocycles. The van der Waals surface area contributed by atoms with Crippen LogP contribution >= 0.6 is 0 Å². The highest BCUT2D eigenvalue weighted by molar-refractivity contribution is 5.87. The maximum Gasteiger partial charge on any atom is 0.331 e. The van der Waals surface area contributed by atoms with Crippen LogP contribution in [-0.4, -0.2) is 24.8 Å². The summed E-state index contributed by atoms with van der Waals surface area (Å²) in [4.78, 5) is 13.0. The van der Waals surface area contributed by atoms with Gasteiger partial charge in [0, 0.05) is 11.5 Å². The average Bonchev–Trinajstić information content (AvgIpc) is 3.30. The van der Waals surface area contributed by atoms with Gasteiger partial charge in [-0.2, -0.15) is 0 Å². The molecule has 1 aromatic rings. The van der Waals surface area contributed by atoms with Crippen molar-refractivity contribution in [1.29, 1.82) is 0 Å². The van der Waals surface area contributed by atoms with Crippen LogP contribution in [0.25, 0.3) is 6.08 Å². The first-order valence-electron chi connectivity index (χ1n) is 17.3. The van der Waals surface area contributed by atoms with E-state index < -0.39 is 0 Å². The number of carbonyl (C=O) groups is 1. The molecule has 3 nitrogen and oxygen atoms in total. The van der Waals surface area contributed by atoms with Crippen LogP contribution in [0.15, 0.2) is 36.4 Å². The Morgan fingerprint density at radius 2 is 1.38 bits per heavy atom. The first-order chi connectivity index (χ1) is 19.8. The van der Waals surface area contributed by atoms with E-state index in [1.807, 2.05) is 36.4 Å². The minimum Gasteiger partial charge on any atom is -0.459 e. The Labute approximate surface area is 255 Å². The molecule has 1 heterocycles. The van der Waals surface area contributed by atoms with Gasteiger partial charge in [-0.15, -0.1) is 0 Å². The third-order valence-corrected chi connectivity index (χ3v) is 15.3. The van der Waals surface area contributed by atoms with E-state index in [0.29, 0.717) is 39.1 Å². The lowest BCUT2D eigenvalue weighted by Gasteiger charge is -2.72. The molecule has 6 aliphatic rings. The molecule has 0 amide bonds. The summed E-state index contributed by atoms with van der Waals surface area (Å²) in [6.45, 7) is 18.9. The number of esters is 1. The summed E-state index contributed by atoms with van der Waals surface area (Å²) in [6.07, 6.45) is 16.9. The molecule has 230 valence electrons. The molecule has 6 fully saturated rings. The number of rotatable bonds is 3. The Morgan fingerprint density at radius 3 is 2.14 bits per heavy atom. The number of benzene rings is 1. The number of hydrogen-bond acceptors (Lipinski definition) is 3. The minimum absolute atomic E-state index is 0.0199. The Hall–Kier alpha value is -1.61. The largest absolute Gasteiger partial charge is 0.459 e. The van der Waals surface area contributed by atoms with Crippen molar-refractivity contribution in [2.45, 2.75) is 125 Å². The van der Waals surface area contributed by atoms with Gasteiger partial charge >= 0.3 is 5.97 Å². The number of carbonyl (C=O) groups excluding carboxylic acids is 1. The molecule has 42 heavy (non-hydrogen) atoms. The summed E-state index contributed by atoms with van der Waals surface area (Å²) in [5, 5.41) is 0. The molecule has 5 aliphatic carbocycles. The first kappa shape index (κ1) is 29.1. The van der Waals surface area contributed by atoms with Gasteiger partial charge in [-0.1, -0.05) is 78.8 Å². The van der Waals surface area contributed by atoms with Gasteiger partial charge in [0.05, 0.1) is 12.7 Å². The van der Waals surface area contributed by atoms with Crippen molar-refractivity contribution < 1.29 is 14.3 Å². The van der Waals surface area contributed by atoms with Gasteiger partial charge in [0.1, 0.15) is 6.10 Å². The lowest BCUT2D eigenvalue weighted by molar-refractivity contribution is -0.246. The maximum absolute atomic E-state index is 13.0. The maximum atomic E-state index is 13.0. The molecule has 0 unspecified atom stereocenters. The highest BCUT2D eigenvalue weighted by Crippen LogP contribution is 2.77. The van der Waals surface area contributed by atoms with Crippen LogP contribution in [0, 0.1) is 56.2 Å². The summed E-state index contributed by atoms with van der Waals surface area (Å²) in [5.41, 5.74) is 2.82. The van der Waals surface area contributed by atoms with E-state index in [2.05, 4.69) is 48.5 Å². The second kappa shape index (κ2) is 9.45. The molecule has 1 aromatic carbocycles. The SMILES string of the molecule is CC1(C)CC[C@]23CC[C@H]4[C@]5(C)CC[C@@H]6C(C)(C)[C@H](OC(=O)/C=C/c7ccccc7)CC[C@]6(C)[C@H]5CC[C@@]4(C)[C@@H]2[C@H]1OC3. The molecule has 3 heteroatoms. The van der Waals surface area contributed by atoms with E-state index in [1.54, 1.807) is 6.08 Å². The van der Waals surface area contributed by atoms with Gasteiger partial charge in [0.2, 0.25) is 0 Å². The fourth-order valence-electron chi connectivity index (χ4n) is 13.4. The lowest BCUT2D eigenvalue weighted by atomic mass is 9.32. The highest BCUT2D eigenvalue weighted by atomic mass is 16.5. The highest BCUT2D eigenvalue weighted by Gasteiger charge is 2.72. The number of fused-ring (bicyclic) bond motifs is 5. The van der Waals surface area contributed by atoms with Crippen LogP contribution in [0.4, 0.5) is 0 Å². The van der Waals surface area contributed by atoms with Gasteiger partial charge in [-0.3, -0.25) is 0 Å². The van der Waals surface area contributed by atoms with Gasteiger partial charge in [-0.05, 0) is 127 Å². The normalized spacial score (nSPS) is 48.5. The molecule has 0 N–H and O–H groups in total. The van der Waals surface area contributed by atoms with Crippen molar-refractivity contribution in [3.05, 3.63) is 42.0 Å². The Balaban J connectivity index is 1.12. The van der Waals surface area contributed by atoms with Crippen LogP contribution in [0.3, 0.4) is 0 Å². The third kappa shape index (κ3) is 3.96. The predicted octanol–water partition coefficient (Wildman–Crippen LogP) is 9.50. The van der Waals surface area contributed by atoms with E-state index in [-0.39, 0.29) is 17.5 Å². The minimum atomic E-state index is -0.196. The molecule has 0 spiro atoms. The average molecular weight is 573 g/mol. The van der Waals surface area contributed by atoms with Gasteiger partial charge in [-0.25, -0.2) is 4.79 Å². The zero-order valence-corrected chi connectivity index (χ0v) is 27.5. The second-order valence-corrected chi connectivity index (χ2v) is 17.9. The summed E-state index contributed by atoms with van der Waals surface area (Å²) in [5.74, 6) is 2.66. The van der Waals surface area contributed by atoms with E-state index >= 15 is 0 Å². The fourth-order valence-corrected chi connectivity index (χ4v) is 13.4. The third-order valence-electron chi connectivity index (χ3n) is 15.3. The summed E-state index contributed by atoms with van der Waals surface area (Å²) in [6, 6.07) is 10.0. The van der Waals surface area contributed by atoms with Crippen LogP contribution < -0.4 is 0 Å². The summed E-state index contributed by atoms with van der Waals surface area (Å²) >= 11 is 0. The van der Waals surface area contributed by atoms with E-state index in [1.165, 1.54) is 57.8 Å². The van der Waals surface area contributed by atoms with Crippen LogP contribution in [0.2, 0.25) is 0 Å². The van der Waals surface area contributed by atoms with Crippen molar-refractivity contribution in [3.63, 3.8) is 0 Å². The van der Waals surface area contributed by atoms with Crippen LogP contribution in [-0.2, 0) is 14.3 Å². The van der Waals surface area contributed by atoms with Crippen molar-refractivity contribution in [2.75, 3.05) is 6.61 Å². The molecule has 1 saturated heterocycles. The Morgan fingerprint density at radius 1 is 0.762 bits per heavy atom. The summed E-state index contributed by atoms with van der Waals surface area (Å²) in [7, 11) is 0. The molecular weight excluding hydrogens is 516 g/mol. The summed E-state index contributed by atoms with van der Waals surface area (Å²) < 4.78 is 13.0. The molecule has 7 rings (SSSR count). The van der Waals surface area contributed by atoms with Gasteiger partial charge < -0.3 is 9.47 Å². The number of ether oxygens (including phenoxy) is 2. The molecule has 10 atom stereocenters. The van der Waals surface area contributed by atoms with E-state index in [0.717, 1.165) is 36.3 Å². The number of hydrogen-bond donors (Lipinski definition) is 0. The first-order valence-corrected chi connectivity index (χ1v) is 17.3. The van der Waals surface area contributed by atoms with Crippen molar-refractivity contribution in [2.24, 2.45) is 56.2 Å². The van der Waals surface area contributed by atoms with Crippen molar-refractivity contribution in [3.8, 4) is 0 Å². The zero-order chi connectivity index (χ0) is 29.8. The quantitative estimate of drug-likeness (QED) is 0.267. The molecule has 1 aliphatic heterocycles. The smallest absolute Gasteiger partial charge is 0.331 e. The van der Waals surface area contributed by atoms with Crippen molar-refractivity contribution in [1.82, 2.24) is 0 Å². The van der Waals surface area contributed by atoms with Crippen molar-refractivity contribution >= 4 is 12.0 Å². The monoisotopic (exact) mass is 572 g/mol. The molecular formula is C39H56O3. The van der Waals surface area contributed by atoms with E-state index in [9.17, 15) is 4.79 Å². The zero-order valence-electron chi connectivity index (χ0n) is 27.5. The van der Waals surface area contributed by atoms with Gasteiger partial charge in [0.25, 0.3) is 0 Å². The Bertz CT molecular complexity index is 1250. The predicted molar refractivity (Wildman–Crippen MR) is 170 cm³/mol. The van der Waals surface area contributed by atoms with Crippen LogP contribution in [0.5, 0.6) is 0 Å².